The number of thiophene rings is 1. The molecule has 1 aliphatic rings. The van der Waals surface area contributed by atoms with E-state index in [2.05, 4.69) is 42.7 Å². The summed E-state index contributed by atoms with van der Waals surface area (Å²) in [4.78, 5) is 2.59. The van der Waals surface area contributed by atoms with Crippen LogP contribution in [-0.4, -0.2) is 11.8 Å². The third kappa shape index (κ3) is 4.35. The maximum Gasteiger partial charge on any atom is 0.0772 e. The van der Waals surface area contributed by atoms with Gasteiger partial charge in [-0.15, -0.1) is 11.3 Å². The van der Waals surface area contributed by atoms with E-state index in [1.165, 1.54) is 30.6 Å². The van der Waals surface area contributed by atoms with E-state index in [4.69, 9.17) is 5.73 Å². The smallest absolute Gasteiger partial charge is 0.0772 e. The van der Waals surface area contributed by atoms with Gasteiger partial charge in [0.25, 0.3) is 0 Å². The quantitative estimate of drug-likeness (QED) is 0.850. The van der Waals surface area contributed by atoms with Gasteiger partial charge in [0.15, 0.2) is 0 Å². The van der Waals surface area contributed by atoms with Gasteiger partial charge in [-0.2, -0.15) is 11.8 Å². The molecular formula is C15H21NS2. The summed E-state index contributed by atoms with van der Waals surface area (Å²) in [5.74, 6) is 8.08. The van der Waals surface area contributed by atoms with Gasteiger partial charge in [0, 0.05) is 15.9 Å². The number of thioether (sulfide) groups is 1. The Bertz CT molecular complexity index is 427. The first-order valence-corrected chi connectivity index (χ1v) is 8.53. The van der Waals surface area contributed by atoms with Gasteiger partial charge in [-0.1, -0.05) is 31.6 Å². The third-order valence-corrected chi connectivity index (χ3v) is 5.89. The van der Waals surface area contributed by atoms with E-state index >= 15 is 0 Å². The molecule has 98 valence electrons. The van der Waals surface area contributed by atoms with E-state index in [9.17, 15) is 0 Å². The van der Waals surface area contributed by atoms with E-state index in [0.717, 1.165) is 21.8 Å². The summed E-state index contributed by atoms with van der Waals surface area (Å²) in [7, 11) is 0. The van der Waals surface area contributed by atoms with Crippen molar-refractivity contribution in [3.8, 4) is 11.8 Å². The normalized spacial score (nSPS) is 23.4. The van der Waals surface area contributed by atoms with Gasteiger partial charge in [0.05, 0.1) is 11.4 Å². The van der Waals surface area contributed by atoms with Crippen LogP contribution < -0.4 is 5.73 Å². The highest BCUT2D eigenvalue weighted by Gasteiger charge is 2.19. The van der Waals surface area contributed by atoms with Crippen LogP contribution in [0.5, 0.6) is 0 Å². The van der Waals surface area contributed by atoms with Gasteiger partial charge in [0.2, 0.25) is 0 Å². The molecule has 1 heterocycles. The summed E-state index contributed by atoms with van der Waals surface area (Å²) in [5, 5.41) is 0.870. The Morgan fingerprint density at radius 2 is 2.33 bits per heavy atom. The molecule has 18 heavy (non-hydrogen) atoms. The Kier molecular flexibility index (Phi) is 5.62. The summed E-state index contributed by atoms with van der Waals surface area (Å²) < 4.78 is 0. The first-order chi connectivity index (χ1) is 8.78. The van der Waals surface area contributed by atoms with Gasteiger partial charge in [0.1, 0.15) is 0 Å². The fraction of sp³-hybridized carbons (Fsp3) is 0.600. The Hall–Kier alpha value is -0.430. The van der Waals surface area contributed by atoms with Crippen LogP contribution in [0.4, 0.5) is 0 Å². The topological polar surface area (TPSA) is 26.0 Å². The highest BCUT2D eigenvalue weighted by atomic mass is 32.2. The molecule has 0 amide bonds. The predicted molar refractivity (Wildman–Crippen MR) is 83.0 cm³/mol. The second-order valence-electron chi connectivity index (χ2n) is 4.98. The molecule has 2 N–H and O–H groups in total. The first kappa shape index (κ1) is 14.0. The van der Waals surface area contributed by atoms with E-state index in [-0.39, 0.29) is 0 Å². The van der Waals surface area contributed by atoms with Crippen LogP contribution in [0.2, 0.25) is 0 Å². The highest BCUT2D eigenvalue weighted by molar-refractivity contribution is 7.99. The maximum atomic E-state index is 5.38. The lowest BCUT2D eigenvalue weighted by Crippen LogP contribution is -2.15. The van der Waals surface area contributed by atoms with Crippen molar-refractivity contribution in [2.75, 3.05) is 6.54 Å². The molecule has 1 aromatic rings. The molecule has 3 heteroatoms. The summed E-state index contributed by atoms with van der Waals surface area (Å²) in [5.41, 5.74) is 5.38. The third-order valence-electron chi connectivity index (χ3n) is 3.32. The predicted octanol–water partition coefficient (Wildman–Crippen LogP) is 3.87. The molecule has 0 radical (unpaired) electrons. The van der Waals surface area contributed by atoms with Crippen LogP contribution in [0.15, 0.2) is 12.1 Å². The van der Waals surface area contributed by atoms with Crippen molar-refractivity contribution in [2.24, 2.45) is 11.7 Å². The van der Waals surface area contributed by atoms with Crippen molar-refractivity contribution in [3.05, 3.63) is 21.9 Å². The molecule has 0 bridgehead atoms. The van der Waals surface area contributed by atoms with Gasteiger partial charge in [-0.05, 0) is 30.9 Å². The van der Waals surface area contributed by atoms with Crippen molar-refractivity contribution < 1.29 is 0 Å². The molecule has 1 aromatic heterocycles. The average molecular weight is 279 g/mol. The minimum Gasteiger partial charge on any atom is -0.320 e. The molecular weight excluding hydrogens is 258 g/mol. The number of hydrogen-bond acceptors (Lipinski definition) is 3. The van der Waals surface area contributed by atoms with E-state index in [1.54, 1.807) is 0 Å². The summed E-state index contributed by atoms with van der Waals surface area (Å²) in [6.45, 7) is 2.83. The number of hydrogen-bond donors (Lipinski definition) is 1. The lowest BCUT2D eigenvalue weighted by molar-refractivity contribution is 0.394. The molecule has 1 aliphatic carbocycles. The van der Waals surface area contributed by atoms with Gasteiger partial charge < -0.3 is 5.73 Å². The maximum absolute atomic E-state index is 5.38. The molecule has 0 aliphatic heterocycles. The molecule has 2 unspecified atom stereocenters. The van der Waals surface area contributed by atoms with Crippen molar-refractivity contribution in [2.45, 2.75) is 43.6 Å². The van der Waals surface area contributed by atoms with Crippen molar-refractivity contribution >= 4 is 23.1 Å². The van der Waals surface area contributed by atoms with Gasteiger partial charge in [-0.3, -0.25) is 0 Å². The molecule has 1 nitrogen and oxygen atoms in total. The zero-order valence-electron chi connectivity index (χ0n) is 10.9. The van der Waals surface area contributed by atoms with Crippen LogP contribution in [0.1, 0.15) is 42.4 Å². The van der Waals surface area contributed by atoms with Crippen LogP contribution in [0.3, 0.4) is 0 Å². The van der Waals surface area contributed by atoms with Crippen LogP contribution in [-0.2, 0) is 5.75 Å². The monoisotopic (exact) mass is 279 g/mol. The fourth-order valence-corrected chi connectivity index (χ4v) is 4.80. The molecule has 1 fully saturated rings. The van der Waals surface area contributed by atoms with Gasteiger partial charge in [-0.25, -0.2) is 0 Å². The molecule has 2 atom stereocenters. The summed E-state index contributed by atoms with van der Waals surface area (Å²) >= 11 is 3.94. The van der Waals surface area contributed by atoms with Gasteiger partial charge >= 0.3 is 0 Å². The van der Waals surface area contributed by atoms with Crippen molar-refractivity contribution in [1.29, 1.82) is 0 Å². The Morgan fingerprint density at radius 1 is 1.44 bits per heavy atom. The van der Waals surface area contributed by atoms with Crippen LogP contribution in [0.25, 0.3) is 0 Å². The van der Waals surface area contributed by atoms with Crippen LogP contribution >= 0.6 is 23.1 Å². The molecule has 0 spiro atoms. The molecule has 0 aromatic carbocycles. The standard InChI is InChI=1S/C15H21NS2/c1-12-4-2-5-14(10-12)17-11-15-8-7-13(18-15)6-3-9-16/h7-8,12,14H,2,4-5,9-11,16H2,1H3. The van der Waals surface area contributed by atoms with Crippen molar-refractivity contribution in [1.82, 2.24) is 0 Å². The van der Waals surface area contributed by atoms with Crippen LogP contribution in [0, 0.1) is 17.8 Å². The largest absolute Gasteiger partial charge is 0.320 e. The number of nitrogens with two attached hydrogens (primary N) is 1. The average Bonchev–Trinajstić information content (AvgIpc) is 2.82. The zero-order chi connectivity index (χ0) is 12.8. The highest BCUT2D eigenvalue weighted by Crippen LogP contribution is 2.34. The van der Waals surface area contributed by atoms with E-state index in [1.807, 2.05) is 11.3 Å². The zero-order valence-corrected chi connectivity index (χ0v) is 12.6. The fourth-order valence-electron chi connectivity index (χ4n) is 2.39. The SMILES string of the molecule is CC1CCCC(SCc2ccc(C#CCN)s2)C1. The van der Waals surface area contributed by atoms with E-state index in [0.29, 0.717) is 6.54 Å². The second-order valence-corrected chi connectivity index (χ2v) is 7.43. The summed E-state index contributed by atoms with van der Waals surface area (Å²) in [6.07, 6.45) is 5.64. The minimum atomic E-state index is 0.446. The second kappa shape index (κ2) is 7.23. The molecule has 0 saturated heterocycles. The molecule has 2 rings (SSSR count). The summed E-state index contributed by atoms with van der Waals surface area (Å²) in [6, 6.07) is 4.33. The lowest BCUT2D eigenvalue weighted by Gasteiger charge is -2.25. The lowest BCUT2D eigenvalue weighted by atomic mass is 9.91. The van der Waals surface area contributed by atoms with E-state index < -0.39 is 0 Å². The number of rotatable bonds is 3. The Morgan fingerprint density at radius 3 is 3.11 bits per heavy atom. The van der Waals surface area contributed by atoms with Crippen molar-refractivity contribution in [3.63, 3.8) is 0 Å². The Labute approximate surface area is 119 Å². The Balaban J connectivity index is 1.81. The first-order valence-electron chi connectivity index (χ1n) is 6.67. The molecule has 1 saturated carbocycles. The minimum absolute atomic E-state index is 0.446.